The van der Waals surface area contributed by atoms with Crippen molar-refractivity contribution in [2.45, 2.75) is 13.3 Å². The summed E-state index contributed by atoms with van der Waals surface area (Å²) in [5.74, 6) is -3.32. The van der Waals surface area contributed by atoms with E-state index in [9.17, 15) is 28.3 Å². The lowest BCUT2D eigenvalue weighted by atomic mass is 10.1. The molecule has 3 aromatic rings. The molecular weight excluding hydrogens is 416 g/mol. The highest BCUT2D eigenvalue weighted by molar-refractivity contribution is 5.96. The van der Waals surface area contributed by atoms with Crippen molar-refractivity contribution < 1.29 is 28.2 Å². The van der Waals surface area contributed by atoms with Crippen LogP contribution in [-0.2, 0) is 0 Å². The van der Waals surface area contributed by atoms with Gasteiger partial charge in [0.25, 0.3) is 0 Å². The van der Waals surface area contributed by atoms with Gasteiger partial charge in [0.2, 0.25) is 0 Å². The molecule has 1 aromatic heterocycles. The van der Waals surface area contributed by atoms with Gasteiger partial charge in [0.15, 0.2) is 11.6 Å². The van der Waals surface area contributed by atoms with E-state index in [0.717, 1.165) is 23.1 Å². The summed E-state index contributed by atoms with van der Waals surface area (Å²) in [7, 11) is 1.30. The first-order chi connectivity index (χ1) is 14.8. The second-order valence-corrected chi connectivity index (χ2v) is 6.28. The molecule has 0 saturated carbocycles. The highest BCUT2D eigenvalue weighted by Gasteiger charge is 2.26. The van der Waals surface area contributed by atoms with Crippen LogP contribution in [0.4, 0.5) is 19.3 Å². The molecular formula is C19H17F2N5O5. The van der Waals surface area contributed by atoms with Crippen molar-refractivity contribution >= 4 is 17.7 Å². The minimum Gasteiger partial charge on any atom is -0.496 e. The molecule has 0 saturated heterocycles. The van der Waals surface area contributed by atoms with Crippen molar-refractivity contribution in [3.8, 4) is 11.4 Å². The van der Waals surface area contributed by atoms with Crippen LogP contribution in [0.1, 0.15) is 23.7 Å². The Morgan fingerprint density at radius 1 is 1.16 bits per heavy atom. The van der Waals surface area contributed by atoms with Crippen molar-refractivity contribution in [2.75, 3.05) is 18.6 Å². The van der Waals surface area contributed by atoms with E-state index in [-0.39, 0.29) is 23.5 Å². The van der Waals surface area contributed by atoms with Crippen molar-refractivity contribution in [1.29, 1.82) is 0 Å². The quantitative estimate of drug-likeness (QED) is 0.593. The number of carbonyl (C=O) groups excluding carboxylic acids is 1. The smallest absolute Gasteiger partial charge is 0.377 e. The number of aromatic carboxylic acids is 1. The fraction of sp³-hybridized carbons (Fsp3) is 0.211. The Morgan fingerprint density at radius 2 is 1.84 bits per heavy atom. The standard InChI is InChI=1S/C19H17F2N5O5/c1-3-9-24(11-7-8-15(31-2)12(10-11)17(27)28)18(29)26-19(30)25(22-23-26)16-13(20)5-4-6-14(16)21/h4-8,10H,3,9H2,1-2H3,(H,27,28). The number of ether oxygens (including phenoxy) is 1. The number of para-hydroxylation sites is 1. The molecule has 0 aliphatic carbocycles. The number of rotatable bonds is 6. The number of hydrogen-bond acceptors (Lipinski definition) is 6. The number of anilines is 1. The van der Waals surface area contributed by atoms with Gasteiger partial charge in [-0.1, -0.05) is 13.0 Å². The molecule has 1 amide bonds. The van der Waals surface area contributed by atoms with Crippen LogP contribution in [0.25, 0.3) is 5.69 Å². The molecule has 3 rings (SSSR count). The van der Waals surface area contributed by atoms with E-state index in [2.05, 4.69) is 10.4 Å². The van der Waals surface area contributed by atoms with Gasteiger partial charge < -0.3 is 9.84 Å². The number of carboxylic acid groups (broad SMARTS) is 1. The van der Waals surface area contributed by atoms with E-state index in [1.807, 2.05) is 0 Å². The highest BCUT2D eigenvalue weighted by Crippen LogP contribution is 2.26. The van der Waals surface area contributed by atoms with Gasteiger partial charge in [-0.25, -0.2) is 23.2 Å². The number of aromatic nitrogens is 4. The number of carbonyl (C=O) groups is 2. The maximum atomic E-state index is 14.0. The van der Waals surface area contributed by atoms with Crippen LogP contribution in [-0.4, -0.2) is 50.6 Å². The zero-order valence-electron chi connectivity index (χ0n) is 16.5. The highest BCUT2D eigenvalue weighted by atomic mass is 19.1. The molecule has 10 nitrogen and oxygen atoms in total. The van der Waals surface area contributed by atoms with Crippen LogP contribution < -0.4 is 15.3 Å². The van der Waals surface area contributed by atoms with E-state index in [1.54, 1.807) is 6.92 Å². The molecule has 0 atom stereocenters. The van der Waals surface area contributed by atoms with Gasteiger partial charge in [-0.05, 0) is 47.2 Å². The summed E-state index contributed by atoms with van der Waals surface area (Å²) in [4.78, 5) is 38.2. The number of amides is 1. The van der Waals surface area contributed by atoms with Crippen molar-refractivity contribution in [1.82, 2.24) is 19.8 Å². The number of methoxy groups -OCH3 is 1. The molecule has 0 aliphatic rings. The Balaban J connectivity index is 2.06. The molecule has 0 radical (unpaired) electrons. The SMILES string of the molecule is CCCN(C(=O)n1nnn(-c2c(F)cccc2F)c1=O)c1ccc(OC)c(C(=O)O)c1. The van der Waals surface area contributed by atoms with Crippen LogP contribution in [0, 0.1) is 11.6 Å². The molecule has 0 spiro atoms. The Bertz CT molecular complexity index is 1190. The molecule has 0 fully saturated rings. The number of nitrogens with zero attached hydrogens (tertiary/aromatic N) is 5. The number of halogens is 2. The Labute approximate surface area is 173 Å². The molecule has 0 unspecified atom stereocenters. The first-order valence-electron chi connectivity index (χ1n) is 9.02. The second-order valence-electron chi connectivity index (χ2n) is 6.28. The zero-order valence-corrected chi connectivity index (χ0v) is 16.5. The largest absolute Gasteiger partial charge is 0.496 e. The van der Waals surface area contributed by atoms with E-state index in [1.165, 1.54) is 25.3 Å². The molecule has 31 heavy (non-hydrogen) atoms. The third kappa shape index (κ3) is 3.99. The minimum atomic E-state index is -1.28. The molecule has 2 aromatic carbocycles. The number of hydrogen-bond donors (Lipinski definition) is 1. The first-order valence-corrected chi connectivity index (χ1v) is 9.02. The minimum absolute atomic E-state index is 0.0817. The van der Waals surface area contributed by atoms with Crippen molar-refractivity contribution in [3.05, 3.63) is 64.1 Å². The van der Waals surface area contributed by atoms with Gasteiger partial charge in [0.1, 0.15) is 17.0 Å². The Morgan fingerprint density at radius 3 is 2.42 bits per heavy atom. The lowest BCUT2D eigenvalue weighted by Gasteiger charge is -2.22. The lowest BCUT2D eigenvalue weighted by Crippen LogP contribution is -2.41. The van der Waals surface area contributed by atoms with E-state index in [0.29, 0.717) is 15.8 Å². The Hall–Kier alpha value is -4.09. The zero-order chi connectivity index (χ0) is 22.7. The third-order valence-electron chi connectivity index (χ3n) is 4.32. The molecule has 1 heterocycles. The molecule has 162 valence electrons. The summed E-state index contributed by atoms with van der Waals surface area (Å²) in [6, 6.07) is 6.01. The van der Waals surface area contributed by atoms with E-state index >= 15 is 0 Å². The predicted octanol–water partition coefficient (Wildman–Crippen LogP) is 2.30. The molecule has 12 heteroatoms. The van der Waals surface area contributed by atoms with Gasteiger partial charge in [0.05, 0.1) is 7.11 Å². The third-order valence-corrected chi connectivity index (χ3v) is 4.32. The molecule has 0 aliphatic heterocycles. The maximum absolute atomic E-state index is 14.0. The van der Waals surface area contributed by atoms with Gasteiger partial charge in [-0.15, -0.1) is 4.68 Å². The molecule has 1 N–H and O–H groups in total. The van der Waals surface area contributed by atoms with Gasteiger partial charge >= 0.3 is 17.7 Å². The number of carboxylic acids is 1. The van der Waals surface area contributed by atoms with Crippen LogP contribution >= 0.6 is 0 Å². The monoisotopic (exact) mass is 433 g/mol. The van der Waals surface area contributed by atoms with E-state index < -0.39 is 35.0 Å². The normalized spacial score (nSPS) is 10.7. The summed E-state index contributed by atoms with van der Waals surface area (Å²) in [5.41, 5.74) is -2.00. The average molecular weight is 433 g/mol. The van der Waals surface area contributed by atoms with Crippen molar-refractivity contribution in [2.24, 2.45) is 0 Å². The summed E-state index contributed by atoms with van der Waals surface area (Å²) in [6.45, 7) is 1.85. The van der Waals surface area contributed by atoms with Crippen LogP contribution in [0.2, 0.25) is 0 Å². The molecule has 0 bridgehead atoms. The lowest BCUT2D eigenvalue weighted by molar-refractivity contribution is 0.0693. The number of tetrazole rings is 1. The maximum Gasteiger partial charge on any atom is 0.377 e. The summed E-state index contributed by atoms with van der Waals surface area (Å²) in [5, 5.41) is 16.2. The fourth-order valence-corrected chi connectivity index (χ4v) is 2.90. The van der Waals surface area contributed by atoms with Gasteiger partial charge in [-0.2, -0.15) is 4.68 Å². The van der Waals surface area contributed by atoms with Crippen LogP contribution in [0.5, 0.6) is 5.75 Å². The van der Waals surface area contributed by atoms with Crippen LogP contribution in [0.15, 0.2) is 41.2 Å². The van der Waals surface area contributed by atoms with Crippen molar-refractivity contribution in [3.63, 3.8) is 0 Å². The number of benzene rings is 2. The average Bonchev–Trinajstić information content (AvgIpc) is 3.12. The summed E-state index contributed by atoms with van der Waals surface area (Å²) < 4.78 is 33.7. The van der Waals surface area contributed by atoms with Crippen LogP contribution in [0.3, 0.4) is 0 Å². The second kappa shape index (κ2) is 8.73. The summed E-state index contributed by atoms with van der Waals surface area (Å²) in [6.07, 6.45) is 0.449. The fourth-order valence-electron chi connectivity index (χ4n) is 2.90. The summed E-state index contributed by atoms with van der Waals surface area (Å²) >= 11 is 0. The first kappa shape index (κ1) is 21.6. The predicted molar refractivity (Wildman–Crippen MR) is 104 cm³/mol. The topological polar surface area (TPSA) is 120 Å². The Kier molecular flexibility index (Phi) is 6.09. The van der Waals surface area contributed by atoms with Gasteiger partial charge in [-0.3, -0.25) is 4.90 Å². The van der Waals surface area contributed by atoms with Gasteiger partial charge in [0, 0.05) is 12.2 Å². The van der Waals surface area contributed by atoms with E-state index in [4.69, 9.17) is 4.74 Å².